The number of carbonyl (C=O) groups is 2. The van der Waals surface area contributed by atoms with Gasteiger partial charge in [0, 0.05) is 13.2 Å². The fourth-order valence-corrected chi connectivity index (χ4v) is 2.15. The van der Waals surface area contributed by atoms with Gasteiger partial charge >= 0.3 is 5.97 Å². The van der Waals surface area contributed by atoms with Crippen LogP contribution in [0, 0.1) is 6.92 Å². The molecule has 2 rings (SSSR count). The summed E-state index contributed by atoms with van der Waals surface area (Å²) in [5, 5.41) is 15.7. The standard InChI is InChI=1S/C15H20N4O4/c1-4-5-6-11(15(21)22)17-13(20)12-9(2)23-14(18-12)10-7-16-19(3)8-10/h7-8,11H,4-6H2,1-3H3,(H,17,20)(H,21,22)/t11-/m0/s1. The van der Waals surface area contributed by atoms with Crippen molar-refractivity contribution < 1.29 is 19.1 Å². The van der Waals surface area contributed by atoms with E-state index in [1.165, 1.54) is 0 Å². The van der Waals surface area contributed by atoms with Gasteiger partial charge in [0.05, 0.1) is 11.8 Å². The van der Waals surface area contributed by atoms with Crippen LogP contribution in [-0.2, 0) is 11.8 Å². The summed E-state index contributed by atoms with van der Waals surface area (Å²) in [6, 6.07) is -0.930. The van der Waals surface area contributed by atoms with Crippen LogP contribution in [0.4, 0.5) is 0 Å². The fourth-order valence-electron chi connectivity index (χ4n) is 2.15. The molecule has 0 bridgehead atoms. The van der Waals surface area contributed by atoms with E-state index in [9.17, 15) is 14.7 Å². The Labute approximate surface area is 133 Å². The third-order valence-corrected chi connectivity index (χ3v) is 3.41. The lowest BCUT2D eigenvalue weighted by Gasteiger charge is -2.13. The Morgan fingerprint density at radius 3 is 2.78 bits per heavy atom. The quantitative estimate of drug-likeness (QED) is 0.804. The molecule has 2 aromatic rings. The summed E-state index contributed by atoms with van der Waals surface area (Å²) in [5.41, 5.74) is 0.738. The van der Waals surface area contributed by atoms with Crippen LogP contribution in [0.25, 0.3) is 11.5 Å². The van der Waals surface area contributed by atoms with Gasteiger partial charge in [-0.2, -0.15) is 5.10 Å². The number of amides is 1. The summed E-state index contributed by atoms with van der Waals surface area (Å²) in [7, 11) is 1.76. The summed E-state index contributed by atoms with van der Waals surface area (Å²) in [6.45, 7) is 3.58. The molecule has 0 saturated heterocycles. The number of hydrogen-bond donors (Lipinski definition) is 2. The summed E-state index contributed by atoms with van der Waals surface area (Å²) < 4.78 is 7.08. The monoisotopic (exact) mass is 320 g/mol. The van der Waals surface area contributed by atoms with Crippen molar-refractivity contribution in [3.05, 3.63) is 23.8 Å². The molecule has 0 aliphatic carbocycles. The maximum absolute atomic E-state index is 12.3. The van der Waals surface area contributed by atoms with Crippen molar-refractivity contribution in [3.8, 4) is 11.5 Å². The topological polar surface area (TPSA) is 110 Å². The number of aryl methyl sites for hydroxylation is 2. The zero-order chi connectivity index (χ0) is 17.0. The van der Waals surface area contributed by atoms with E-state index in [2.05, 4.69) is 15.4 Å². The van der Waals surface area contributed by atoms with Crippen LogP contribution in [-0.4, -0.2) is 37.8 Å². The van der Waals surface area contributed by atoms with E-state index in [1.807, 2.05) is 6.92 Å². The molecule has 2 aromatic heterocycles. The highest BCUT2D eigenvalue weighted by Gasteiger charge is 2.24. The van der Waals surface area contributed by atoms with Crippen molar-refractivity contribution in [3.63, 3.8) is 0 Å². The van der Waals surface area contributed by atoms with Gasteiger partial charge in [-0.05, 0) is 13.3 Å². The summed E-state index contributed by atoms with van der Waals surface area (Å²) >= 11 is 0. The van der Waals surface area contributed by atoms with Crippen molar-refractivity contribution in [2.45, 2.75) is 39.2 Å². The lowest BCUT2D eigenvalue weighted by Crippen LogP contribution is -2.41. The van der Waals surface area contributed by atoms with E-state index in [4.69, 9.17) is 4.42 Å². The van der Waals surface area contributed by atoms with E-state index >= 15 is 0 Å². The van der Waals surface area contributed by atoms with Gasteiger partial charge in [-0.3, -0.25) is 9.48 Å². The Balaban J connectivity index is 2.16. The van der Waals surface area contributed by atoms with Crippen molar-refractivity contribution in [2.24, 2.45) is 7.05 Å². The van der Waals surface area contributed by atoms with Crippen LogP contribution in [0.15, 0.2) is 16.8 Å². The van der Waals surface area contributed by atoms with Crippen LogP contribution in [0.2, 0.25) is 0 Å². The fraction of sp³-hybridized carbons (Fsp3) is 0.467. The van der Waals surface area contributed by atoms with Gasteiger partial charge in [-0.15, -0.1) is 0 Å². The van der Waals surface area contributed by atoms with E-state index < -0.39 is 17.9 Å². The Kier molecular flexibility index (Phi) is 5.15. The van der Waals surface area contributed by atoms with Crippen LogP contribution in [0.5, 0.6) is 0 Å². The number of unbranched alkanes of at least 4 members (excludes halogenated alkanes) is 1. The molecule has 0 spiro atoms. The first-order chi connectivity index (χ1) is 10.9. The summed E-state index contributed by atoms with van der Waals surface area (Å²) in [4.78, 5) is 27.7. The second-order valence-corrected chi connectivity index (χ2v) is 5.33. The molecule has 0 aromatic carbocycles. The Hall–Kier alpha value is -2.64. The van der Waals surface area contributed by atoms with Crippen LogP contribution in [0.1, 0.15) is 42.4 Å². The van der Waals surface area contributed by atoms with Crippen molar-refractivity contribution in [2.75, 3.05) is 0 Å². The lowest BCUT2D eigenvalue weighted by molar-refractivity contribution is -0.139. The molecule has 8 nitrogen and oxygen atoms in total. The number of carboxylic acid groups (broad SMARTS) is 1. The molecule has 0 radical (unpaired) electrons. The second-order valence-electron chi connectivity index (χ2n) is 5.33. The van der Waals surface area contributed by atoms with E-state index in [1.54, 1.807) is 31.0 Å². The normalized spacial score (nSPS) is 12.1. The second kappa shape index (κ2) is 7.08. The number of hydrogen-bond acceptors (Lipinski definition) is 5. The number of carboxylic acids is 1. The zero-order valence-corrected chi connectivity index (χ0v) is 13.4. The minimum atomic E-state index is -1.06. The number of nitrogens with one attached hydrogen (secondary N) is 1. The van der Waals surface area contributed by atoms with Gasteiger partial charge in [0.2, 0.25) is 5.89 Å². The van der Waals surface area contributed by atoms with Crippen molar-refractivity contribution >= 4 is 11.9 Å². The van der Waals surface area contributed by atoms with Crippen molar-refractivity contribution in [1.82, 2.24) is 20.1 Å². The molecule has 1 atom stereocenters. The minimum absolute atomic E-state index is 0.0894. The number of carbonyl (C=O) groups excluding carboxylic acids is 1. The molecular formula is C15H20N4O4. The number of nitrogens with zero attached hydrogens (tertiary/aromatic N) is 3. The predicted octanol–water partition coefficient (Wildman–Crippen LogP) is 1.76. The van der Waals surface area contributed by atoms with E-state index in [-0.39, 0.29) is 11.6 Å². The van der Waals surface area contributed by atoms with Gasteiger partial charge in [0.15, 0.2) is 5.69 Å². The largest absolute Gasteiger partial charge is 0.480 e. The first kappa shape index (κ1) is 16.7. The summed E-state index contributed by atoms with van der Waals surface area (Å²) in [5.74, 6) is -0.993. The van der Waals surface area contributed by atoms with Crippen LogP contribution < -0.4 is 5.32 Å². The molecule has 1 amide bonds. The lowest BCUT2D eigenvalue weighted by atomic mass is 10.1. The Bertz CT molecular complexity index is 704. The molecular weight excluding hydrogens is 300 g/mol. The van der Waals surface area contributed by atoms with Gasteiger partial charge < -0.3 is 14.8 Å². The highest BCUT2D eigenvalue weighted by atomic mass is 16.4. The van der Waals surface area contributed by atoms with E-state index in [0.717, 1.165) is 12.8 Å². The highest BCUT2D eigenvalue weighted by molar-refractivity contribution is 5.96. The maximum atomic E-state index is 12.3. The molecule has 23 heavy (non-hydrogen) atoms. The SMILES string of the molecule is CCCC[C@H](NC(=O)c1nc(-c2cnn(C)c2)oc1C)C(=O)O. The molecule has 0 unspecified atom stereocenters. The Morgan fingerprint density at radius 1 is 1.48 bits per heavy atom. The number of aliphatic carboxylic acids is 1. The van der Waals surface area contributed by atoms with E-state index in [0.29, 0.717) is 17.7 Å². The predicted molar refractivity (Wildman–Crippen MR) is 81.9 cm³/mol. The zero-order valence-electron chi connectivity index (χ0n) is 13.4. The number of oxazole rings is 1. The molecule has 2 N–H and O–H groups in total. The van der Waals surface area contributed by atoms with Gasteiger partial charge in [-0.25, -0.2) is 9.78 Å². The van der Waals surface area contributed by atoms with Crippen LogP contribution >= 0.6 is 0 Å². The first-order valence-electron chi connectivity index (χ1n) is 7.42. The molecule has 124 valence electrons. The third-order valence-electron chi connectivity index (χ3n) is 3.41. The van der Waals surface area contributed by atoms with Gasteiger partial charge in [0.25, 0.3) is 5.91 Å². The van der Waals surface area contributed by atoms with Gasteiger partial charge in [0.1, 0.15) is 11.8 Å². The molecule has 8 heteroatoms. The summed E-state index contributed by atoms with van der Waals surface area (Å²) in [6.07, 6.45) is 5.25. The van der Waals surface area contributed by atoms with Gasteiger partial charge in [-0.1, -0.05) is 19.8 Å². The Morgan fingerprint density at radius 2 is 2.22 bits per heavy atom. The smallest absolute Gasteiger partial charge is 0.326 e. The molecule has 0 aliphatic rings. The van der Waals surface area contributed by atoms with Crippen LogP contribution in [0.3, 0.4) is 0 Å². The maximum Gasteiger partial charge on any atom is 0.326 e. The van der Waals surface area contributed by atoms with Crippen molar-refractivity contribution in [1.29, 1.82) is 0 Å². The minimum Gasteiger partial charge on any atom is -0.480 e. The molecule has 0 saturated carbocycles. The third kappa shape index (κ3) is 3.97. The molecule has 2 heterocycles. The molecule has 0 fully saturated rings. The number of rotatable bonds is 7. The number of aromatic nitrogens is 3. The molecule has 0 aliphatic heterocycles. The average Bonchev–Trinajstić information content (AvgIpc) is 3.09. The highest BCUT2D eigenvalue weighted by Crippen LogP contribution is 2.21. The first-order valence-corrected chi connectivity index (χ1v) is 7.42. The average molecular weight is 320 g/mol.